The van der Waals surface area contributed by atoms with Crippen LogP contribution < -0.4 is 5.32 Å². The molecule has 1 aromatic carbocycles. The van der Waals surface area contributed by atoms with E-state index >= 15 is 0 Å². The number of halogens is 1. The number of nitrogens with one attached hydrogen (secondary N) is 1. The van der Waals surface area contributed by atoms with Gasteiger partial charge in [0, 0.05) is 42.4 Å². The number of fused-ring (bicyclic) bond motifs is 1. The number of amides is 1. The summed E-state index contributed by atoms with van der Waals surface area (Å²) in [6, 6.07) is 8.05. The first-order chi connectivity index (χ1) is 12.0. The zero-order valence-electron chi connectivity index (χ0n) is 15.0. The van der Waals surface area contributed by atoms with Crippen molar-refractivity contribution in [2.75, 3.05) is 19.6 Å². The molecule has 134 valence electrons. The highest BCUT2D eigenvalue weighted by molar-refractivity contribution is 6.31. The highest BCUT2D eigenvalue weighted by atomic mass is 35.5. The van der Waals surface area contributed by atoms with Crippen molar-refractivity contribution in [1.82, 2.24) is 14.8 Å². The van der Waals surface area contributed by atoms with Crippen molar-refractivity contribution in [3.05, 3.63) is 47.1 Å². The number of allylic oxidation sites excluding steroid dienone is 1. The number of carbonyl (C=O) groups excluding carboxylic acids is 1. The number of piperidine rings is 1. The van der Waals surface area contributed by atoms with E-state index in [-0.39, 0.29) is 11.9 Å². The second-order valence-electron chi connectivity index (χ2n) is 7.07. The molecule has 2 aromatic rings. The van der Waals surface area contributed by atoms with Crippen LogP contribution in [0.1, 0.15) is 26.7 Å². The lowest BCUT2D eigenvalue weighted by Crippen LogP contribution is -2.45. The molecule has 1 amide bonds. The molecule has 2 heterocycles. The van der Waals surface area contributed by atoms with E-state index in [1.807, 2.05) is 35.0 Å². The fourth-order valence-corrected chi connectivity index (χ4v) is 3.46. The average molecular weight is 360 g/mol. The standard InChI is InChI=1S/C20H26ClN3O/c1-15(2)5-9-23-10-7-18(8-11-23)22-20(25)14-24-12-6-16-3-4-17(21)13-19(16)24/h3-6,12-13,18H,7-11,14H2,1-2H3,(H,22,25). The Hall–Kier alpha value is -1.78. The van der Waals surface area contributed by atoms with Gasteiger partial charge in [-0.25, -0.2) is 0 Å². The van der Waals surface area contributed by atoms with Gasteiger partial charge in [-0.2, -0.15) is 0 Å². The van der Waals surface area contributed by atoms with Gasteiger partial charge in [0.15, 0.2) is 0 Å². The average Bonchev–Trinajstić information content (AvgIpc) is 2.96. The minimum absolute atomic E-state index is 0.0697. The Balaban J connectivity index is 1.51. The molecule has 1 aromatic heterocycles. The molecule has 0 radical (unpaired) electrons. The summed E-state index contributed by atoms with van der Waals surface area (Å²) in [5, 5.41) is 4.98. The maximum absolute atomic E-state index is 12.4. The van der Waals surface area contributed by atoms with Crippen LogP contribution in [0.3, 0.4) is 0 Å². The second-order valence-corrected chi connectivity index (χ2v) is 7.51. The summed E-state index contributed by atoms with van der Waals surface area (Å²) in [7, 11) is 0. The van der Waals surface area contributed by atoms with Crippen molar-refractivity contribution in [1.29, 1.82) is 0 Å². The van der Waals surface area contributed by atoms with Crippen LogP contribution >= 0.6 is 11.6 Å². The van der Waals surface area contributed by atoms with Gasteiger partial charge in [-0.3, -0.25) is 9.69 Å². The molecule has 25 heavy (non-hydrogen) atoms. The Morgan fingerprint density at radius 1 is 1.28 bits per heavy atom. The molecular formula is C20H26ClN3O. The Bertz CT molecular complexity index is 768. The maximum atomic E-state index is 12.4. The van der Waals surface area contributed by atoms with Crippen molar-refractivity contribution in [2.45, 2.75) is 39.3 Å². The predicted molar refractivity (Wildman–Crippen MR) is 104 cm³/mol. The van der Waals surface area contributed by atoms with E-state index < -0.39 is 0 Å². The number of hydrogen-bond acceptors (Lipinski definition) is 2. The monoisotopic (exact) mass is 359 g/mol. The molecule has 3 rings (SSSR count). The Morgan fingerprint density at radius 2 is 2.04 bits per heavy atom. The molecule has 0 atom stereocenters. The van der Waals surface area contributed by atoms with Crippen LogP contribution in [0.25, 0.3) is 10.9 Å². The number of nitrogens with zero attached hydrogens (tertiary/aromatic N) is 2. The maximum Gasteiger partial charge on any atom is 0.240 e. The largest absolute Gasteiger partial charge is 0.352 e. The number of benzene rings is 1. The molecule has 1 fully saturated rings. The number of rotatable bonds is 5. The van der Waals surface area contributed by atoms with E-state index in [1.165, 1.54) is 5.57 Å². The van der Waals surface area contributed by atoms with E-state index in [2.05, 4.69) is 30.1 Å². The molecule has 5 heteroatoms. The molecular weight excluding hydrogens is 334 g/mol. The molecule has 1 aliphatic rings. The first kappa shape index (κ1) is 18.0. The third kappa shape index (κ3) is 4.86. The van der Waals surface area contributed by atoms with Crippen molar-refractivity contribution in [2.24, 2.45) is 0 Å². The van der Waals surface area contributed by atoms with Gasteiger partial charge < -0.3 is 9.88 Å². The summed E-state index contributed by atoms with van der Waals surface area (Å²) in [5.41, 5.74) is 2.36. The van der Waals surface area contributed by atoms with Gasteiger partial charge in [-0.05, 0) is 50.3 Å². The Morgan fingerprint density at radius 3 is 2.76 bits per heavy atom. The number of aromatic nitrogens is 1. The number of carbonyl (C=O) groups is 1. The summed E-state index contributed by atoms with van der Waals surface area (Å²) in [4.78, 5) is 14.9. The molecule has 0 spiro atoms. The molecule has 1 aliphatic heterocycles. The van der Waals surface area contributed by atoms with Crippen molar-refractivity contribution >= 4 is 28.4 Å². The van der Waals surface area contributed by atoms with Gasteiger partial charge in [-0.1, -0.05) is 29.3 Å². The van der Waals surface area contributed by atoms with Crippen molar-refractivity contribution in [3.63, 3.8) is 0 Å². The van der Waals surface area contributed by atoms with E-state index in [4.69, 9.17) is 11.6 Å². The fraction of sp³-hybridized carbons (Fsp3) is 0.450. The number of hydrogen-bond donors (Lipinski definition) is 1. The third-order valence-electron chi connectivity index (χ3n) is 4.76. The normalized spacial score (nSPS) is 16.1. The molecule has 1 saturated heterocycles. The van der Waals surface area contributed by atoms with Crippen molar-refractivity contribution < 1.29 is 4.79 Å². The lowest BCUT2D eigenvalue weighted by Gasteiger charge is -2.31. The lowest BCUT2D eigenvalue weighted by molar-refractivity contribution is -0.122. The van der Waals surface area contributed by atoms with E-state index in [1.54, 1.807) is 0 Å². The van der Waals surface area contributed by atoms with Gasteiger partial charge >= 0.3 is 0 Å². The van der Waals surface area contributed by atoms with Crippen LogP contribution in [0.4, 0.5) is 0 Å². The highest BCUT2D eigenvalue weighted by Crippen LogP contribution is 2.20. The number of likely N-dealkylation sites (tertiary alicyclic amines) is 1. The van der Waals surface area contributed by atoms with Gasteiger partial charge in [-0.15, -0.1) is 0 Å². The summed E-state index contributed by atoms with van der Waals surface area (Å²) in [5.74, 6) is 0.0697. The minimum Gasteiger partial charge on any atom is -0.352 e. The van der Waals surface area contributed by atoms with Crippen LogP contribution in [0.15, 0.2) is 42.1 Å². The molecule has 0 bridgehead atoms. The fourth-order valence-electron chi connectivity index (χ4n) is 3.29. The van der Waals surface area contributed by atoms with E-state index in [9.17, 15) is 4.79 Å². The summed E-state index contributed by atoms with van der Waals surface area (Å²) < 4.78 is 1.96. The smallest absolute Gasteiger partial charge is 0.240 e. The van der Waals surface area contributed by atoms with Crippen LogP contribution in [0, 0.1) is 0 Å². The highest BCUT2D eigenvalue weighted by Gasteiger charge is 2.20. The molecule has 0 aliphatic carbocycles. The zero-order chi connectivity index (χ0) is 17.8. The Kier molecular flexibility index (Phi) is 5.82. The van der Waals surface area contributed by atoms with Crippen LogP contribution in [0.5, 0.6) is 0 Å². The second kappa shape index (κ2) is 8.07. The quantitative estimate of drug-likeness (QED) is 0.823. The van der Waals surface area contributed by atoms with Gasteiger partial charge in [0.1, 0.15) is 6.54 Å². The lowest BCUT2D eigenvalue weighted by atomic mass is 10.0. The first-order valence-electron chi connectivity index (χ1n) is 8.91. The summed E-state index contributed by atoms with van der Waals surface area (Å²) >= 11 is 6.08. The van der Waals surface area contributed by atoms with Crippen LogP contribution in [0.2, 0.25) is 5.02 Å². The molecule has 0 unspecified atom stereocenters. The summed E-state index contributed by atoms with van der Waals surface area (Å²) in [6.45, 7) is 7.69. The molecule has 0 saturated carbocycles. The van der Waals surface area contributed by atoms with E-state index in [0.29, 0.717) is 11.6 Å². The van der Waals surface area contributed by atoms with E-state index in [0.717, 1.165) is 43.4 Å². The first-order valence-corrected chi connectivity index (χ1v) is 9.28. The molecule has 1 N–H and O–H groups in total. The van der Waals surface area contributed by atoms with Gasteiger partial charge in [0.2, 0.25) is 5.91 Å². The third-order valence-corrected chi connectivity index (χ3v) is 5.00. The molecule has 4 nitrogen and oxygen atoms in total. The van der Waals surface area contributed by atoms with Crippen molar-refractivity contribution in [3.8, 4) is 0 Å². The Labute approximate surface area is 154 Å². The zero-order valence-corrected chi connectivity index (χ0v) is 15.7. The SMILES string of the molecule is CC(C)=CCN1CCC(NC(=O)Cn2ccc3ccc(Cl)cc32)CC1. The van der Waals surface area contributed by atoms with Crippen LogP contribution in [-0.4, -0.2) is 41.1 Å². The van der Waals surface area contributed by atoms with Gasteiger partial charge in [0.25, 0.3) is 0 Å². The topological polar surface area (TPSA) is 37.3 Å². The minimum atomic E-state index is 0.0697. The summed E-state index contributed by atoms with van der Waals surface area (Å²) in [6.07, 6.45) is 6.24. The predicted octanol–water partition coefficient (Wildman–Crippen LogP) is 3.84. The van der Waals surface area contributed by atoms with Crippen LogP contribution in [-0.2, 0) is 11.3 Å². The van der Waals surface area contributed by atoms with Gasteiger partial charge in [0.05, 0.1) is 0 Å².